The summed E-state index contributed by atoms with van der Waals surface area (Å²) in [6.07, 6.45) is 1.29. The van der Waals surface area contributed by atoms with E-state index in [1.54, 1.807) is 0 Å². The Hall–Kier alpha value is -0.440. The van der Waals surface area contributed by atoms with E-state index in [9.17, 15) is 0 Å². The van der Waals surface area contributed by atoms with Crippen molar-refractivity contribution in [3.05, 3.63) is 28.2 Å². The van der Waals surface area contributed by atoms with E-state index in [1.807, 2.05) is 18.2 Å². The first-order chi connectivity index (χ1) is 7.69. The zero-order valence-electron chi connectivity index (χ0n) is 8.97. The van der Waals surface area contributed by atoms with Crippen LogP contribution in [0.3, 0.4) is 0 Å². The van der Waals surface area contributed by atoms with Crippen molar-refractivity contribution in [2.45, 2.75) is 6.42 Å². The molecule has 0 radical (unpaired) electrons. The predicted molar refractivity (Wildman–Crippen MR) is 68.6 cm³/mol. The lowest BCUT2D eigenvalue weighted by atomic mass is 9.79. The van der Waals surface area contributed by atoms with Gasteiger partial charge in [0.1, 0.15) is 0 Å². The Morgan fingerprint density at radius 3 is 2.69 bits per heavy atom. The molecule has 2 saturated heterocycles. The molecule has 0 unspecified atom stereocenters. The molecule has 1 spiro atoms. The Labute approximate surface area is 106 Å². The van der Waals surface area contributed by atoms with Gasteiger partial charge < -0.3 is 10.2 Å². The Morgan fingerprint density at radius 1 is 1.25 bits per heavy atom. The quantitative estimate of drug-likeness (QED) is 0.832. The molecule has 0 amide bonds. The molecule has 0 bridgehead atoms. The molecule has 1 aromatic rings. The van der Waals surface area contributed by atoms with Crippen LogP contribution in [-0.2, 0) is 0 Å². The second-order valence-corrected chi connectivity index (χ2v) is 5.72. The van der Waals surface area contributed by atoms with E-state index >= 15 is 0 Å². The number of nitrogens with zero attached hydrogens (tertiary/aromatic N) is 1. The van der Waals surface area contributed by atoms with Gasteiger partial charge in [0.05, 0.1) is 10.7 Å². The molecule has 2 aliphatic rings. The second-order valence-electron chi connectivity index (χ2n) is 4.88. The van der Waals surface area contributed by atoms with Crippen LogP contribution >= 0.6 is 23.2 Å². The Kier molecular flexibility index (Phi) is 2.54. The Balaban J connectivity index is 1.76. The van der Waals surface area contributed by atoms with Crippen LogP contribution in [0.15, 0.2) is 18.2 Å². The number of rotatable bonds is 1. The highest BCUT2D eigenvalue weighted by Gasteiger charge is 2.45. The van der Waals surface area contributed by atoms with Crippen molar-refractivity contribution in [1.82, 2.24) is 5.32 Å². The minimum absolute atomic E-state index is 0.503. The van der Waals surface area contributed by atoms with Gasteiger partial charge in [0.15, 0.2) is 0 Å². The summed E-state index contributed by atoms with van der Waals surface area (Å²) in [7, 11) is 0. The van der Waals surface area contributed by atoms with Crippen LogP contribution in [-0.4, -0.2) is 26.2 Å². The number of hydrogen-bond donors (Lipinski definition) is 1. The summed E-state index contributed by atoms with van der Waals surface area (Å²) in [4.78, 5) is 2.34. The molecule has 0 saturated carbocycles. The van der Waals surface area contributed by atoms with Crippen LogP contribution in [0, 0.1) is 5.41 Å². The minimum Gasteiger partial charge on any atom is -0.369 e. The van der Waals surface area contributed by atoms with Crippen molar-refractivity contribution >= 4 is 28.9 Å². The maximum absolute atomic E-state index is 6.19. The summed E-state index contributed by atoms with van der Waals surface area (Å²) in [5.41, 5.74) is 1.62. The van der Waals surface area contributed by atoms with Gasteiger partial charge in [0.2, 0.25) is 0 Å². The lowest BCUT2D eigenvalue weighted by Crippen LogP contribution is -2.57. The third-order valence-electron chi connectivity index (χ3n) is 3.64. The highest BCUT2D eigenvalue weighted by atomic mass is 35.5. The molecule has 16 heavy (non-hydrogen) atoms. The maximum atomic E-state index is 6.19. The minimum atomic E-state index is 0.503. The maximum Gasteiger partial charge on any atom is 0.0654 e. The average Bonchev–Trinajstić information content (AvgIpc) is 2.65. The van der Waals surface area contributed by atoms with Crippen molar-refractivity contribution in [3.8, 4) is 0 Å². The van der Waals surface area contributed by atoms with Crippen LogP contribution in [0.2, 0.25) is 10.0 Å². The van der Waals surface area contributed by atoms with Crippen LogP contribution in [0.25, 0.3) is 0 Å². The van der Waals surface area contributed by atoms with E-state index in [0.29, 0.717) is 10.4 Å². The highest BCUT2D eigenvalue weighted by molar-refractivity contribution is 6.36. The highest BCUT2D eigenvalue weighted by Crippen LogP contribution is 2.41. The van der Waals surface area contributed by atoms with Crippen molar-refractivity contribution < 1.29 is 0 Å². The summed E-state index contributed by atoms with van der Waals surface area (Å²) >= 11 is 12.1. The van der Waals surface area contributed by atoms with Gasteiger partial charge >= 0.3 is 0 Å². The lowest BCUT2D eigenvalue weighted by molar-refractivity contribution is 0.243. The zero-order chi connectivity index (χ0) is 11.2. The number of halogens is 2. The summed E-state index contributed by atoms with van der Waals surface area (Å²) in [5, 5.41) is 4.89. The predicted octanol–water partition coefficient (Wildman–Crippen LogP) is 2.79. The van der Waals surface area contributed by atoms with E-state index in [4.69, 9.17) is 23.2 Å². The van der Waals surface area contributed by atoms with Crippen molar-refractivity contribution in [2.75, 3.05) is 31.1 Å². The fraction of sp³-hybridized carbons (Fsp3) is 0.500. The molecule has 1 aromatic carbocycles. The molecule has 2 fully saturated rings. The summed E-state index contributed by atoms with van der Waals surface area (Å²) < 4.78 is 0. The molecule has 0 aromatic heterocycles. The Morgan fingerprint density at radius 2 is 2.06 bits per heavy atom. The van der Waals surface area contributed by atoms with Crippen LogP contribution in [0.1, 0.15) is 6.42 Å². The van der Waals surface area contributed by atoms with Gasteiger partial charge in [-0.05, 0) is 31.2 Å². The monoisotopic (exact) mass is 256 g/mol. The fourth-order valence-corrected chi connectivity index (χ4v) is 3.26. The van der Waals surface area contributed by atoms with Gasteiger partial charge in [-0.25, -0.2) is 0 Å². The lowest BCUT2D eigenvalue weighted by Gasteiger charge is -2.49. The Bertz CT molecular complexity index is 405. The zero-order valence-corrected chi connectivity index (χ0v) is 10.5. The van der Waals surface area contributed by atoms with Gasteiger partial charge in [-0.15, -0.1) is 0 Å². The molecule has 2 heterocycles. The number of nitrogens with one attached hydrogen (secondary N) is 1. The van der Waals surface area contributed by atoms with Crippen molar-refractivity contribution in [1.29, 1.82) is 0 Å². The molecule has 0 aliphatic carbocycles. The summed E-state index contributed by atoms with van der Waals surface area (Å²) in [5.74, 6) is 0. The first kappa shape index (κ1) is 10.7. The normalized spacial score (nSPS) is 22.5. The SMILES string of the molecule is Clc1ccc(N2CC3(CCNC3)C2)c(Cl)c1. The smallest absolute Gasteiger partial charge is 0.0654 e. The number of anilines is 1. The molecule has 2 aliphatic heterocycles. The van der Waals surface area contributed by atoms with Crippen LogP contribution < -0.4 is 10.2 Å². The van der Waals surface area contributed by atoms with E-state index in [1.165, 1.54) is 6.42 Å². The first-order valence-electron chi connectivity index (χ1n) is 5.59. The van der Waals surface area contributed by atoms with E-state index in [-0.39, 0.29) is 0 Å². The molecular formula is C12H14Cl2N2. The number of hydrogen-bond acceptors (Lipinski definition) is 2. The third kappa shape index (κ3) is 1.69. The van der Waals surface area contributed by atoms with Gasteiger partial charge in [-0.1, -0.05) is 23.2 Å². The van der Waals surface area contributed by atoms with Crippen molar-refractivity contribution in [3.63, 3.8) is 0 Å². The van der Waals surface area contributed by atoms with Gasteiger partial charge in [0, 0.05) is 30.1 Å². The third-order valence-corrected chi connectivity index (χ3v) is 4.17. The van der Waals surface area contributed by atoms with E-state index < -0.39 is 0 Å². The van der Waals surface area contributed by atoms with Crippen molar-refractivity contribution in [2.24, 2.45) is 5.41 Å². The molecule has 3 rings (SSSR count). The average molecular weight is 257 g/mol. The molecule has 86 valence electrons. The van der Waals surface area contributed by atoms with Gasteiger partial charge in [-0.3, -0.25) is 0 Å². The topological polar surface area (TPSA) is 15.3 Å². The van der Waals surface area contributed by atoms with E-state index in [0.717, 1.165) is 36.9 Å². The molecule has 4 heteroatoms. The van der Waals surface area contributed by atoms with Crippen LogP contribution in [0.4, 0.5) is 5.69 Å². The second kappa shape index (κ2) is 3.80. The van der Waals surface area contributed by atoms with Gasteiger partial charge in [-0.2, -0.15) is 0 Å². The van der Waals surface area contributed by atoms with Crippen LogP contribution in [0.5, 0.6) is 0 Å². The van der Waals surface area contributed by atoms with E-state index in [2.05, 4.69) is 10.2 Å². The summed E-state index contributed by atoms with van der Waals surface area (Å²) in [6.45, 7) is 4.53. The fourth-order valence-electron chi connectivity index (χ4n) is 2.74. The molecule has 0 atom stereocenters. The first-order valence-corrected chi connectivity index (χ1v) is 6.35. The largest absolute Gasteiger partial charge is 0.369 e. The van der Waals surface area contributed by atoms with Gasteiger partial charge in [0.25, 0.3) is 0 Å². The standard InChI is InChI=1S/C12H14Cl2N2/c13-9-1-2-11(10(14)5-9)16-7-12(8-16)3-4-15-6-12/h1-2,5,15H,3-4,6-8H2. The number of benzene rings is 1. The molecule has 2 nitrogen and oxygen atoms in total. The molecular weight excluding hydrogens is 243 g/mol. The summed E-state index contributed by atoms with van der Waals surface area (Å²) in [6, 6.07) is 5.73. The molecule has 1 N–H and O–H groups in total.